The molecule has 1 aliphatic rings. The van der Waals surface area contributed by atoms with Gasteiger partial charge in [0.1, 0.15) is 5.69 Å². The number of hydrogen-bond donors (Lipinski definition) is 0. The lowest BCUT2D eigenvalue weighted by Crippen LogP contribution is -2.41. The number of carbonyl (C=O) groups excluding carboxylic acids is 3. The van der Waals surface area contributed by atoms with E-state index in [4.69, 9.17) is 13.9 Å². The van der Waals surface area contributed by atoms with Crippen molar-refractivity contribution >= 4 is 25.9 Å². The summed E-state index contributed by atoms with van der Waals surface area (Å²) < 4.78 is 17.8. The Hall–Kier alpha value is -2.19. The summed E-state index contributed by atoms with van der Waals surface area (Å²) in [4.78, 5) is 37.8. The average molecular weight is 408 g/mol. The van der Waals surface area contributed by atoms with Gasteiger partial charge in [-0.15, -0.1) is 0 Å². The Balaban J connectivity index is 2.48. The maximum absolute atomic E-state index is 12.9. The van der Waals surface area contributed by atoms with Gasteiger partial charge in [-0.3, -0.25) is 9.59 Å². The summed E-state index contributed by atoms with van der Waals surface area (Å²) in [5.74, 6) is -1.56. The molecule has 0 radical (unpaired) electrons. The van der Waals surface area contributed by atoms with Crippen LogP contribution in [0.15, 0.2) is 11.8 Å². The van der Waals surface area contributed by atoms with Crippen LogP contribution in [0.4, 0.5) is 0 Å². The molecule has 0 spiro atoms. The number of rotatable bonds is 6. The lowest BCUT2D eigenvalue weighted by atomic mass is 9.96. The summed E-state index contributed by atoms with van der Waals surface area (Å²) in [6, 6.07) is 0. The largest absolute Gasteiger partial charge is 0.492 e. The Labute approximate surface area is 166 Å². The van der Waals surface area contributed by atoms with Crippen molar-refractivity contribution in [2.75, 3.05) is 20.8 Å². The predicted octanol–water partition coefficient (Wildman–Crippen LogP) is 3.51. The molecule has 1 aromatic heterocycles. The van der Waals surface area contributed by atoms with E-state index < -0.39 is 25.9 Å². The molecule has 28 heavy (non-hydrogen) atoms. The lowest BCUT2D eigenvalue weighted by Gasteiger charge is -2.36. The van der Waals surface area contributed by atoms with Crippen molar-refractivity contribution in [1.29, 1.82) is 0 Å². The van der Waals surface area contributed by atoms with Gasteiger partial charge in [-0.05, 0) is 25.1 Å². The van der Waals surface area contributed by atoms with Gasteiger partial charge in [0.2, 0.25) is 5.78 Å². The van der Waals surface area contributed by atoms with Crippen LogP contribution in [0, 0.1) is 6.92 Å². The Morgan fingerprint density at radius 3 is 2.29 bits per heavy atom. The maximum atomic E-state index is 12.9. The van der Waals surface area contributed by atoms with Crippen LogP contribution < -0.4 is 0 Å². The molecule has 2 rings (SSSR count). The Bertz CT molecular complexity index is 857. The zero-order valence-electron chi connectivity index (χ0n) is 17.9. The number of nitrogens with zero attached hydrogens (tertiary/aromatic N) is 1. The number of fused-ring (bicyclic) bond motifs is 1. The number of ether oxygens (including phenoxy) is 2. The van der Waals surface area contributed by atoms with Crippen LogP contribution in [-0.2, 0) is 20.4 Å². The van der Waals surface area contributed by atoms with Crippen LogP contribution in [0.2, 0.25) is 18.1 Å². The molecule has 0 fully saturated rings. The van der Waals surface area contributed by atoms with Crippen molar-refractivity contribution in [3.05, 3.63) is 34.3 Å². The molecule has 0 saturated heterocycles. The molecule has 1 aromatic rings. The molecule has 154 valence electrons. The zero-order valence-corrected chi connectivity index (χ0v) is 18.9. The van der Waals surface area contributed by atoms with Crippen molar-refractivity contribution in [2.24, 2.45) is 0 Å². The van der Waals surface area contributed by atoms with E-state index in [0.717, 1.165) is 6.08 Å². The number of allylic oxidation sites excluding steroid dienone is 2. The fourth-order valence-electron chi connectivity index (χ4n) is 2.98. The van der Waals surface area contributed by atoms with E-state index in [9.17, 15) is 14.4 Å². The topological polar surface area (TPSA) is 83.8 Å². The number of methoxy groups -OCH3 is 2. The minimum atomic E-state index is -1.98. The zero-order chi connectivity index (χ0) is 21.4. The van der Waals surface area contributed by atoms with Gasteiger partial charge in [0.25, 0.3) is 0 Å². The molecule has 0 amide bonds. The molecule has 1 aliphatic carbocycles. The van der Waals surface area contributed by atoms with Gasteiger partial charge in [0, 0.05) is 18.3 Å². The lowest BCUT2D eigenvalue weighted by molar-refractivity contribution is 0.0596. The number of aromatic nitrogens is 1. The number of esters is 1. The highest BCUT2D eigenvalue weighted by molar-refractivity contribution is 6.74. The first-order chi connectivity index (χ1) is 12.9. The first kappa shape index (κ1) is 22.1. The van der Waals surface area contributed by atoms with Gasteiger partial charge >= 0.3 is 5.97 Å². The highest BCUT2D eigenvalue weighted by Gasteiger charge is 2.39. The smallest absolute Gasteiger partial charge is 0.340 e. The summed E-state index contributed by atoms with van der Waals surface area (Å²) in [5, 5.41) is 0.0487. The van der Waals surface area contributed by atoms with E-state index in [1.54, 1.807) is 11.5 Å². The molecule has 1 heterocycles. The standard InChI is InChI=1S/C20H29NO6Si/c1-12-15(19(24)26-6)16-13(22)11-14(25-5)18(23)17(16)21(12)9-10-27-28(7,8)20(2,3)4/h11H,9-10H2,1-8H3. The van der Waals surface area contributed by atoms with Crippen LogP contribution in [0.3, 0.4) is 0 Å². The highest BCUT2D eigenvalue weighted by atomic mass is 28.4. The SMILES string of the molecule is COC(=O)c1c2c(n(CCO[Si](C)(C)C(C)(C)C)c1C)C(=O)C(OC)=CC2=O. The monoisotopic (exact) mass is 407 g/mol. The van der Waals surface area contributed by atoms with E-state index >= 15 is 0 Å². The van der Waals surface area contributed by atoms with Gasteiger partial charge in [0.05, 0.1) is 32.0 Å². The van der Waals surface area contributed by atoms with E-state index in [0.29, 0.717) is 18.8 Å². The molecular formula is C20H29NO6Si. The maximum Gasteiger partial charge on any atom is 0.340 e. The molecule has 0 unspecified atom stereocenters. The second-order valence-electron chi connectivity index (χ2n) is 8.34. The quantitative estimate of drug-likeness (QED) is 0.530. The van der Waals surface area contributed by atoms with Crippen molar-refractivity contribution in [3.8, 4) is 0 Å². The van der Waals surface area contributed by atoms with Gasteiger partial charge in [-0.1, -0.05) is 20.8 Å². The van der Waals surface area contributed by atoms with Crippen molar-refractivity contribution in [1.82, 2.24) is 4.57 Å². The third kappa shape index (κ3) is 3.71. The van der Waals surface area contributed by atoms with Crippen LogP contribution in [0.25, 0.3) is 0 Å². The fourth-order valence-corrected chi connectivity index (χ4v) is 4.01. The Morgan fingerprint density at radius 1 is 1.18 bits per heavy atom. The summed E-state index contributed by atoms with van der Waals surface area (Å²) in [7, 11) is 0.608. The molecule has 7 nitrogen and oxygen atoms in total. The van der Waals surface area contributed by atoms with Crippen LogP contribution in [-0.4, -0.2) is 51.2 Å². The minimum Gasteiger partial charge on any atom is -0.492 e. The molecule has 0 aliphatic heterocycles. The first-order valence-electron chi connectivity index (χ1n) is 9.17. The number of carbonyl (C=O) groups is 3. The normalized spacial score (nSPS) is 14.6. The minimum absolute atomic E-state index is 0.0435. The number of ketones is 2. The Morgan fingerprint density at radius 2 is 1.79 bits per heavy atom. The van der Waals surface area contributed by atoms with E-state index in [-0.39, 0.29) is 27.6 Å². The van der Waals surface area contributed by atoms with Crippen molar-refractivity contribution in [3.63, 3.8) is 0 Å². The fraction of sp³-hybridized carbons (Fsp3) is 0.550. The second-order valence-corrected chi connectivity index (χ2v) is 13.2. The summed E-state index contributed by atoms with van der Waals surface area (Å²) in [6.07, 6.45) is 1.12. The second kappa shape index (κ2) is 7.67. The van der Waals surface area contributed by atoms with E-state index in [1.807, 2.05) is 0 Å². The van der Waals surface area contributed by atoms with E-state index in [2.05, 4.69) is 33.9 Å². The molecule has 0 bridgehead atoms. The van der Waals surface area contributed by atoms with Gasteiger partial charge < -0.3 is 18.5 Å². The number of hydrogen-bond acceptors (Lipinski definition) is 6. The summed E-state index contributed by atoms with van der Waals surface area (Å²) in [5.41, 5.74) is 0.848. The molecule has 0 N–H and O–H groups in total. The van der Waals surface area contributed by atoms with Crippen molar-refractivity contribution in [2.45, 2.75) is 52.4 Å². The molecule has 0 atom stereocenters. The first-order valence-corrected chi connectivity index (χ1v) is 12.1. The summed E-state index contributed by atoms with van der Waals surface area (Å²) >= 11 is 0. The molecule has 0 aromatic carbocycles. The molecular weight excluding hydrogens is 378 g/mol. The highest BCUT2D eigenvalue weighted by Crippen LogP contribution is 2.37. The van der Waals surface area contributed by atoms with Crippen LogP contribution in [0.1, 0.15) is 57.7 Å². The Kier molecular flexibility index (Phi) is 6.06. The third-order valence-electron chi connectivity index (χ3n) is 5.66. The number of Topliss-reactive ketones (excluding diaryl/α,β-unsaturated/α-hetero) is 1. The van der Waals surface area contributed by atoms with Gasteiger partial charge in [-0.2, -0.15) is 0 Å². The van der Waals surface area contributed by atoms with Crippen LogP contribution >= 0.6 is 0 Å². The third-order valence-corrected chi connectivity index (χ3v) is 10.2. The van der Waals surface area contributed by atoms with Crippen molar-refractivity contribution < 1.29 is 28.3 Å². The van der Waals surface area contributed by atoms with Crippen LogP contribution in [0.5, 0.6) is 0 Å². The van der Waals surface area contributed by atoms with E-state index in [1.165, 1.54) is 14.2 Å². The molecule has 0 saturated carbocycles. The van der Waals surface area contributed by atoms with Gasteiger partial charge in [0.15, 0.2) is 19.9 Å². The molecule has 8 heteroatoms. The average Bonchev–Trinajstić information content (AvgIpc) is 2.89. The predicted molar refractivity (Wildman–Crippen MR) is 107 cm³/mol. The summed E-state index contributed by atoms with van der Waals surface area (Å²) in [6.45, 7) is 13.1. The van der Waals surface area contributed by atoms with Gasteiger partial charge in [-0.25, -0.2) is 4.79 Å².